The maximum atomic E-state index is 12.3. The Morgan fingerprint density at radius 1 is 1.08 bits per heavy atom. The number of morpholine rings is 1. The third-order valence-electron chi connectivity index (χ3n) is 4.33. The van der Waals surface area contributed by atoms with Crippen molar-refractivity contribution in [1.29, 1.82) is 0 Å². The molecular formula is C20H22N2O4. The van der Waals surface area contributed by atoms with Crippen LogP contribution in [0.15, 0.2) is 48.5 Å². The number of carbonyl (C=O) groups excluding carboxylic acids is 2. The quantitative estimate of drug-likeness (QED) is 0.805. The van der Waals surface area contributed by atoms with E-state index in [2.05, 4.69) is 10.2 Å². The Bertz CT molecular complexity index is 768. The molecule has 1 fully saturated rings. The standard InChI is InChI=1S/C20H22N2O4/c1-25-19-5-3-2-4-17(19)20(24)21-14-18(23)15-6-8-16(9-7-15)22-10-12-26-13-11-22/h2-9H,10-14H2,1H3,(H,21,24). The van der Waals surface area contributed by atoms with Crippen LogP contribution in [0, 0.1) is 0 Å². The molecule has 2 aromatic rings. The summed E-state index contributed by atoms with van der Waals surface area (Å²) in [6.45, 7) is 3.07. The van der Waals surface area contributed by atoms with Crippen molar-refractivity contribution in [2.45, 2.75) is 0 Å². The van der Waals surface area contributed by atoms with Gasteiger partial charge in [0.05, 0.1) is 32.4 Å². The monoisotopic (exact) mass is 354 g/mol. The zero-order valence-electron chi connectivity index (χ0n) is 14.7. The fourth-order valence-corrected chi connectivity index (χ4v) is 2.87. The number of hydrogen-bond acceptors (Lipinski definition) is 5. The van der Waals surface area contributed by atoms with Gasteiger partial charge in [-0.25, -0.2) is 0 Å². The van der Waals surface area contributed by atoms with E-state index in [1.54, 1.807) is 36.4 Å². The third kappa shape index (κ3) is 4.21. The highest BCUT2D eigenvalue weighted by atomic mass is 16.5. The first kappa shape index (κ1) is 17.9. The molecule has 0 aliphatic carbocycles. The molecule has 0 aromatic heterocycles. The second-order valence-electron chi connectivity index (χ2n) is 5.95. The number of Topliss-reactive ketones (excluding diaryl/α,β-unsaturated/α-hetero) is 1. The van der Waals surface area contributed by atoms with Crippen LogP contribution in [-0.2, 0) is 4.74 Å². The van der Waals surface area contributed by atoms with Gasteiger partial charge in [0.25, 0.3) is 5.91 Å². The summed E-state index contributed by atoms with van der Waals surface area (Å²) in [4.78, 5) is 26.8. The first-order valence-electron chi connectivity index (χ1n) is 8.56. The number of hydrogen-bond donors (Lipinski definition) is 1. The number of methoxy groups -OCH3 is 1. The molecule has 136 valence electrons. The SMILES string of the molecule is COc1ccccc1C(=O)NCC(=O)c1ccc(N2CCOCC2)cc1. The zero-order valence-corrected chi connectivity index (χ0v) is 14.7. The highest BCUT2D eigenvalue weighted by molar-refractivity contribution is 6.03. The van der Waals surface area contributed by atoms with E-state index < -0.39 is 0 Å². The van der Waals surface area contributed by atoms with E-state index in [9.17, 15) is 9.59 Å². The first-order valence-corrected chi connectivity index (χ1v) is 8.56. The Morgan fingerprint density at radius 3 is 2.46 bits per heavy atom. The Morgan fingerprint density at radius 2 is 1.77 bits per heavy atom. The summed E-state index contributed by atoms with van der Waals surface area (Å²) in [5.74, 6) is 0.00910. The van der Waals surface area contributed by atoms with Crippen LogP contribution in [0.4, 0.5) is 5.69 Å². The Hall–Kier alpha value is -2.86. The summed E-state index contributed by atoms with van der Waals surface area (Å²) in [6.07, 6.45) is 0. The molecule has 1 aliphatic rings. The highest BCUT2D eigenvalue weighted by Gasteiger charge is 2.15. The van der Waals surface area contributed by atoms with E-state index in [1.165, 1.54) is 7.11 Å². The molecular weight excluding hydrogens is 332 g/mol. The third-order valence-corrected chi connectivity index (χ3v) is 4.33. The lowest BCUT2D eigenvalue weighted by molar-refractivity contribution is 0.0902. The number of nitrogens with one attached hydrogen (secondary N) is 1. The summed E-state index contributed by atoms with van der Waals surface area (Å²) in [5, 5.41) is 2.65. The first-order chi connectivity index (χ1) is 12.7. The fraction of sp³-hybridized carbons (Fsp3) is 0.300. The van der Waals surface area contributed by atoms with E-state index in [0.717, 1.165) is 32.0 Å². The lowest BCUT2D eigenvalue weighted by Gasteiger charge is -2.28. The predicted molar refractivity (Wildman–Crippen MR) is 99.1 cm³/mol. The van der Waals surface area contributed by atoms with E-state index in [-0.39, 0.29) is 18.2 Å². The second-order valence-corrected chi connectivity index (χ2v) is 5.95. The van der Waals surface area contributed by atoms with E-state index in [4.69, 9.17) is 9.47 Å². The van der Waals surface area contributed by atoms with Gasteiger partial charge >= 0.3 is 0 Å². The van der Waals surface area contributed by atoms with Crippen molar-refractivity contribution in [1.82, 2.24) is 5.32 Å². The molecule has 1 amide bonds. The van der Waals surface area contributed by atoms with Gasteiger partial charge in [0, 0.05) is 24.3 Å². The maximum absolute atomic E-state index is 12.3. The lowest BCUT2D eigenvalue weighted by Crippen LogP contribution is -2.36. The van der Waals surface area contributed by atoms with Crippen molar-refractivity contribution >= 4 is 17.4 Å². The zero-order chi connectivity index (χ0) is 18.4. The van der Waals surface area contributed by atoms with Crippen molar-refractivity contribution in [3.63, 3.8) is 0 Å². The van der Waals surface area contributed by atoms with Gasteiger partial charge in [-0.3, -0.25) is 9.59 Å². The summed E-state index contributed by atoms with van der Waals surface area (Å²) in [5.41, 5.74) is 2.05. The topological polar surface area (TPSA) is 67.9 Å². The Kier molecular flexibility index (Phi) is 5.86. The molecule has 1 aliphatic heterocycles. The largest absolute Gasteiger partial charge is 0.496 e. The average molecular weight is 354 g/mol. The van der Waals surface area contributed by atoms with Crippen LogP contribution in [0.5, 0.6) is 5.75 Å². The molecule has 0 spiro atoms. The molecule has 26 heavy (non-hydrogen) atoms. The molecule has 1 heterocycles. The maximum Gasteiger partial charge on any atom is 0.255 e. The summed E-state index contributed by atoms with van der Waals surface area (Å²) in [7, 11) is 1.51. The number of amides is 1. The van der Waals surface area contributed by atoms with Gasteiger partial charge in [-0.1, -0.05) is 12.1 Å². The molecule has 2 aromatic carbocycles. The van der Waals surface area contributed by atoms with Crippen LogP contribution in [0.2, 0.25) is 0 Å². The van der Waals surface area contributed by atoms with Crippen LogP contribution in [0.3, 0.4) is 0 Å². The predicted octanol–water partition coefficient (Wildman–Crippen LogP) is 2.14. The van der Waals surface area contributed by atoms with Crippen LogP contribution < -0.4 is 15.0 Å². The number of benzene rings is 2. The van der Waals surface area contributed by atoms with E-state index >= 15 is 0 Å². The Balaban J connectivity index is 1.58. The van der Waals surface area contributed by atoms with E-state index in [1.807, 2.05) is 12.1 Å². The number of para-hydroxylation sites is 1. The second kappa shape index (κ2) is 8.49. The summed E-state index contributed by atoms with van der Waals surface area (Å²) < 4.78 is 10.5. The lowest BCUT2D eigenvalue weighted by atomic mass is 10.1. The van der Waals surface area contributed by atoms with Crippen molar-refractivity contribution in [3.8, 4) is 5.75 Å². The number of ketones is 1. The fourth-order valence-electron chi connectivity index (χ4n) is 2.87. The van der Waals surface area contributed by atoms with Gasteiger partial charge in [0.2, 0.25) is 0 Å². The van der Waals surface area contributed by atoms with E-state index in [0.29, 0.717) is 16.9 Å². The molecule has 6 heteroatoms. The minimum absolute atomic E-state index is 0.0617. The molecule has 0 unspecified atom stereocenters. The smallest absolute Gasteiger partial charge is 0.255 e. The summed E-state index contributed by atoms with van der Waals surface area (Å²) in [6, 6.07) is 14.4. The number of anilines is 1. The molecule has 6 nitrogen and oxygen atoms in total. The van der Waals surface area contributed by atoms with Crippen molar-refractivity contribution < 1.29 is 19.1 Å². The van der Waals surface area contributed by atoms with Crippen molar-refractivity contribution in [3.05, 3.63) is 59.7 Å². The minimum atomic E-state index is -0.333. The van der Waals surface area contributed by atoms with Gasteiger partial charge in [-0.15, -0.1) is 0 Å². The summed E-state index contributed by atoms with van der Waals surface area (Å²) >= 11 is 0. The van der Waals surface area contributed by atoms with Crippen molar-refractivity contribution in [2.75, 3.05) is 44.9 Å². The van der Waals surface area contributed by atoms with Gasteiger partial charge in [0.15, 0.2) is 5.78 Å². The van der Waals surface area contributed by atoms with Crippen LogP contribution >= 0.6 is 0 Å². The minimum Gasteiger partial charge on any atom is -0.496 e. The molecule has 1 saturated heterocycles. The van der Waals surface area contributed by atoms with Crippen LogP contribution in [0.1, 0.15) is 20.7 Å². The number of carbonyl (C=O) groups is 2. The average Bonchev–Trinajstić information content (AvgIpc) is 2.72. The Labute approximate surface area is 152 Å². The molecule has 0 bridgehead atoms. The van der Waals surface area contributed by atoms with Crippen LogP contribution in [0.25, 0.3) is 0 Å². The number of nitrogens with zero attached hydrogens (tertiary/aromatic N) is 1. The van der Waals surface area contributed by atoms with Gasteiger partial charge in [-0.2, -0.15) is 0 Å². The van der Waals surface area contributed by atoms with Gasteiger partial charge in [-0.05, 0) is 36.4 Å². The van der Waals surface area contributed by atoms with Crippen LogP contribution in [-0.4, -0.2) is 51.6 Å². The highest BCUT2D eigenvalue weighted by Crippen LogP contribution is 2.18. The molecule has 3 rings (SSSR count). The molecule has 0 saturated carbocycles. The number of rotatable bonds is 6. The van der Waals surface area contributed by atoms with Crippen molar-refractivity contribution in [2.24, 2.45) is 0 Å². The molecule has 0 radical (unpaired) electrons. The van der Waals surface area contributed by atoms with Gasteiger partial charge in [0.1, 0.15) is 5.75 Å². The number of ether oxygens (including phenoxy) is 2. The molecule has 1 N–H and O–H groups in total. The molecule has 0 atom stereocenters. The van der Waals surface area contributed by atoms with Gasteiger partial charge < -0.3 is 19.7 Å². The normalized spacial score (nSPS) is 14.0.